The summed E-state index contributed by atoms with van der Waals surface area (Å²) < 4.78 is 0. The summed E-state index contributed by atoms with van der Waals surface area (Å²) >= 11 is 5.83. The first-order valence-electron chi connectivity index (χ1n) is 4.05. The van der Waals surface area contributed by atoms with E-state index in [0.29, 0.717) is 11.6 Å². The number of urea groups is 1. The Labute approximate surface area is 81.1 Å². The first kappa shape index (κ1) is 8.38. The molecule has 4 heteroatoms. The second-order valence-electron chi connectivity index (χ2n) is 2.96. The van der Waals surface area contributed by atoms with Gasteiger partial charge in [-0.05, 0) is 17.7 Å². The summed E-state index contributed by atoms with van der Waals surface area (Å²) in [6.45, 7) is 0.624. The molecule has 2 N–H and O–H groups in total. The molecule has 0 saturated carbocycles. The second kappa shape index (κ2) is 3.26. The van der Waals surface area contributed by atoms with Crippen molar-refractivity contribution in [2.24, 2.45) is 0 Å². The van der Waals surface area contributed by atoms with Crippen LogP contribution in [-0.2, 0) is 0 Å². The van der Waals surface area contributed by atoms with Crippen molar-refractivity contribution in [1.82, 2.24) is 10.6 Å². The van der Waals surface area contributed by atoms with Gasteiger partial charge in [0.25, 0.3) is 0 Å². The van der Waals surface area contributed by atoms with Crippen molar-refractivity contribution >= 4 is 17.6 Å². The Kier molecular flexibility index (Phi) is 2.10. The fourth-order valence-corrected chi connectivity index (χ4v) is 1.58. The lowest BCUT2D eigenvalue weighted by Crippen LogP contribution is -2.21. The minimum absolute atomic E-state index is 0.0474. The van der Waals surface area contributed by atoms with Gasteiger partial charge in [0.2, 0.25) is 0 Å². The van der Waals surface area contributed by atoms with Gasteiger partial charge in [0.1, 0.15) is 0 Å². The summed E-state index contributed by atoms with van der Waals surface area (Å²) in [6, 6.07) is 7.43. The third kappa shape index (κ3) is 1.75. The van der Waals surface area contributed by atoms with Crippen LogP contribution in [0.2, 0.25) is 5.02 Å². The lowest BCUT2D eigenvalue weighted by atomic mass is 10.1. The quantitative estimate of drug-likeness (QED) is 0.705. The highest BCUT2D eigenvalue weighted by atomic mass is 35.5. The molecule has 1 saturated heterocycles. The van der Waals surface area contributed by atoms with Crippen LogP contribution >= 0.6 is 11.6 Å². The smallest absolute Gasteiger partial charge is 0.315 e. The Morgan fingerprint density at radius 1 is 1.46 bits per heavy atom. The molecule has 1 aromatic rings. The van der Waals surface area contributed by atoms with Crippen LogP contribution in [0.15, 0.2) is 24.3 Å². The number of amides is 2. The van der Waals surface area contributed by atoms with E-state index in [1.807, 2.05) is 24.3 Å². The third-order valence-corrected chi connectivity index (χ3v) is 2.26. The van der Waals surface area contributed by atoms with Gasteiger partial charge in [-0.2, -0.15) is 0 Å². The van der Waals surface area contributed by atoms with Crippen LogP contribution in [0.1, 0.15) is 11.6 Å². The van der Waals surface area contributed by atoms with Crippen molar-refractivity contribution in [2.45, 2.75) is 6.04 Å². The average molecular weight is 197 g/mol. The zero-order valence-electron chi connectivity index (χ0n) is 6.88. The topological polar surface area (TPSA) is 41.1 Å². The van der Waals surface area contributed by atoms with E-state index in [1.165, 1.54) is 0 Å². The minimum atomic E-state index is -0.120. The van der Waals surface area contributed by atoms with Crippen LogP contribution in [0.25, 0.3) is 0 Å². The van der Waals surface area contributed by atoms with Crippen molar-refractivity contribution < 1.29 is 4.79 Å². The Morgan fingerprint density at radius 2 is 2.31 bits per heavy atom. The predicted octanol–water partition coefficient (Wildman–Crippen LogP) is 1.69. The van der Waals surface area contributed by atoms with Gasteiger partial charge in [0.05, 0.1) is 6.04 Å². The summed E-state index contributed by atoms with van der Waals surface area (Å²) in [6.07, 6.45) is 0. The van der Waals surface area contributed by atoms with Gasteiger partial charge in [0, 0.05) is 11.6 Å². The van der Waals surface area contributed by atoms with Crippen molar-refractivity contribution in [3.8, 4) is 0 Å². The lowest BCUT2D eigenvalue weighted by Gasteiger charge is -2.08. The highest BCUT2D eigenvalue weighted by molar-refractivity contribution is 6.30. The maximum Gasteiger partial charge on any atom is 0.315 e. The van der Waals surface area contributed by atoms with Crippen molar-refractivity contribution in [3.05, 3.63) is 34.9 Å². The summed E-state index contributed by atoms with van der Waals surface area (Å²) in [7, 11) is 0. The van der Waals surface area contributed by atoms with Gasteiger partial charge >= 0.3 is 6.03 Å². The summed E-state index contributed by atoms with van der Waals surface area (Å²) in [5.41, 5.74) is 1.03. The standard InChI is InChI=1S/C9H9ClN2O/c10-7-3-1-2-6(4-7)8-5-11-9(13)12-8/h1-4,8H,5H2,(H2,11,12,13)/t8-/m0/s1. The van der Waals surface area contributed by atoms with E-state index in [1.54, 1.807) is 0 Å². The van der Waals surface area contributed by atoms with E-state index in [4.69, 9.17) is 11.6 Å². The largest absolute Gasteiger partial charge is 0.336 e. The van der Waals surface area contributed by atoms with Gasteiger partial charge in [0.15, 0.2) is 0 Å². The first-order valence-corrected chi connectivity index (χ1v) is 4.43. The zero-order chi connectivity index (χ0) is 9.26. The molecule has 3 nitrogen and oxygen atoms in total. The van der Waals surface area contributed by atoms with Crippen molar-refractivity contribution in [2.75, 3.05) is 6.54 Å². The molecule has 0 spiro atoms. The molecular weight excluding hydrogens is 188 g/mol. The van der Waals surface area contributed by atoms with Crippen LogP contribution in [0.4, 0.5) is 4.79 Å². The van der Waals surface area contributed by atoms with E-state index in [-0.39, 0.29) is 12.1 Å². The van der Waals surface area contributed by atoms with E-state index < -0.39 is 0 Å². The maximum atomic E-state index is 10.9. The first-order chi connectivity index (χ1) is 6.25. The molecule has 0 bridgehead atoms. The maximum absolute atomic E-state index is 10.9. The molecule has 0 aromatic heterocycles. The van der Waals surface area contributed by atoms with Crippen molar-refractivity contribution in [3.63, 3.8) is 0 Å². The van der Waals surface area contributed by atoms with Crippen LogP contribution < -0.4 is 10.6 Å². The molecule has 1 atom stereocenters. The molecule has 1 fully saturated rings. The predicted molar refractivity (Wildman–Crippen MR) is 50.7 cm³/mol. The van der Waals surface area contributed by atoms with Crippen LogP contribution in [0.5, 0.6) is 0 Å². The number of benzene rings is 1. The number of carbonyl (C=O) groups excluding carboxylic acids is 1. The number of nitrogens with one attached hydrogen (secondary N) is 2. The van der Waals surface area contributed by atoms with Gasteiger partial charge in [-0.25, -0.2) is 4.79 Å². The average Bonchev–Trinajstić information content (AvgIpc) is 2.52. The summed E-state index contributed by atoms with van der Waals surface area (Å²) in [5, 5.41) is 6.18. The van der Waals surface area contributed by atoms with Crippen LogP contribution in [-0.4, -0.2) is 12.6 Å². The minimum Gasteiger partial charge on any atom is -0.336 e. The highest BCUT2D eigenvalue weighted by Crippen LogP contribution is 2.18. The number of hydrogen-bond donors (Lipinski definition) is 2. The molecule has 13 heavy (non-hydrogen) atoms. The number of halogens is 1. The monoisotopic (exact) mass is 196 g/mol. The van der Waals surface area contributed by atoms with Crippen molar-refractivity contribution in [1.29, 1.82) is 0 Å². The van der Waals surface area contributed by atoms with E-state index in [0.717, 1.165) is 5.56 Å². The SMILES string of the molecule is O=C1NC[C@@H](c2cccc(Cl)c2)N1. The summed E-state index contributed by atoms with van der Waals surface area (Å²) in [5.74, 6) is 0. The molecular formula is C9H9ClN2O. The summed E-state index contributed by atoms with van der Waals surface area (Å²) in [4.78, 5) is 10.9. The third-order valence-electron chi connectivity index (χ3n) is 2.02. The fraction of sp³-hybridized carbons (Fsp3) is 0.222. The lowest BCUT2D eigenvalue weighted by molar-refractivity contribution is 0.247. The fourth-order valence-electron chi connectivity index (χ4n) is 1.38. The Bertz CT molecular complexity index is 340. The van der Waals surface area contributed by atoms with E-state index in [9.17, 15) is 4.79 Å². The van der Waals surface area contributed by atoms with Gasteiger partial charge in [-0.1, -0.05) is 23.7 Å². The second-order valence-corrected chi connectivity index (χ2v) is 3.40. The molecule has 0 unspecified atom stereocenters. The Balaban J connectivity index is 2.21. The molecule has 1 aliphatic rings. The zero-order valence-corrected chi connectivity index (χ0v) is 7.64. The normalized spacial score (nSPS) is 21.0. The van der Waals surface area contributed by atoms with Crippen LogP contribution in [0.3, 0.4) is 0 Å². The number of hydrogen-bond acceptors (Lipinski definition) is 1. The molecule has 1 heterocycles. The number of rotatable bonds is 1. The van der Waals surface area contributed by atoms with Gasteiger partial charge < -0.3 is 10.6 Å². The highest BCUT2D eigenvalue weighted by Gasteiger charge is 2.21. The Morgan fingerprint density at radius 3 is 2.92 bits per heavy atom. The number of carbonyl (C=O) groups is 1. The molecule has 2 rings (SSSR count). The Hall–Kier alpha value is -1.22. The molecule has 2 amide bonds. The molecule has 0 radical (unpaired) electrons. The van der Waals surface area contributed by atoms with Crippen LogP contribution in [0, 0.1) is 0 Å². The van der Waals surface area contributed by atoms with Gasteiger partial charge in [-0.15, -0.1) is 0 Å². The van der Waals surface area contributed by atoms with Gasteiger partial charge in [-0.3, -0.25) is 0 Å². The van der Waals surface area contributed by atoms with E-state index >= 15 is 0 Å². The molecule has 68 valence electrons. The molecule has 1 aromatic carbocycles. The van der Waals surface area contributed by atoms with E-state index in [2.05, 4.69) is 10.6 Å². The molecule has 1 aliphatic heterocycles. The molecule has 0 aliphatic carbocycles.